The van der Waals surface area contributed by atoms with E-state index in [1.165, 1.54) is 0 Å². The number of hydrogen-bond acceptors (Lipinski definition) is 4. The molecule has 0 amide bonds. The summed E-state index contributed by atoms with van der Waals surface area (Å²) < 4.78 is 28.9. The Morgan fingerprint density at radius 1 is 1.22 bits per heavy atom. The topological polar surface area (TPSA) is 76.4 Å². The maximum Gasteiger partial charge on any atom is 0.237 e. The van der Waals surface area contributed by atoms with Gasteiger partial charge < -0.3 is 0 Å². The van der Waals surface area contributed by atoms with Crippen molar-refractivity contribution in [1.82, 2.24) is 14.6 Å². The molecule has 0 saturated carbocycles. The zero-order chi connectivity index (χ0) is 16.4. The van der Waals surface area contributed by atoms with E-state index in [9.17, 15) is 8.42 Å². The van der Waals surface area contributed by atoms with Gasteiger partial charge in [-0.15, -0.1) is 0 Å². The fourth-order valence-electron chi connectivity index (χ4n) is 2.18. The molecule has 0 bridgehead atoms. The van der Waals surface area contributed by atoms with Crippen molar-refractivity contribution < 1.29 is 8.42 Å². The van der Waals surface area contributed by atoms with Crippen LogP contribution in [-0.2, 0) is 22.2 Å². The molecule has 0 unspecified atom stereocenters. The highest BCUT2D eigenvalue weighted by Crippen LogP contribution is 2.19. The Bertz CT molecular complexity index is 936. The molecule has 2 aromatic heterocycles. The first-order valence-electron chi connectivity index (χ1n) is 7.06. The number of aryl methyl sites for hydroxylation is 1. The van der Waals surface area contributed by atoms with Crippen LogP contribution >= 0.6 is 11.6 Å². The minimum absolute atomic E-state index is 0.139. The molecular formula is C15H15ClN4O2S. The number of hydrogen-bond donors (Lipinski definition) is 1. The molecule has 0 saturated heterocycles. The van der Waals surface area contributed by atoms with Gasteiger partial charge in [0.15, 0.2) is 11.5 Å². The fraction of sp³-hybridized carbons (Fsp3) is 0.200. The third-order valence-electron chi connectivity index (χ3n) is 3.26. The number of nitrogens with zero attached hydrogens (tertiary/aromatic N) is 3. The second-order valence-corrected chi connectivity index (χ2v) is 7.22. The molecule has 23 heavy (non-hydrogen) atoms. The van der Waals surface area contributed by atoms with Gasteiger partial charge in [0.2, 0.25) is 10.0 Å². The summed E-state index contributed by atoms with van der Waals surface area (Å²) in [6.45, 7) is 1.94. The number of halogens is 1. The molecule has 120 valence electrons. The lowest BCUT2D eigenvalue weighted by atomic mass is 10.2. The number of rotatable bonds is 5. The molecule has 1 N–H and O–H groups in total. The van der Waals surface area contributed by atoms with Crippen LogP contribution in [0.25, 0.3) is 5.65 Å². The van der Waals surface area contributed by atoms with E-state index in [1.807, 2.05) is 6.92 Å². The zero-order valence-electron chi connectivity index (χ0n) is 12.4. The number of aromatic nitrogens is 3. The summed E-state index contributed by atoms with van der Waals surface area (Å²) in [5, 5.41) is 4.84. The molecule has 6 nitrogen and oxygen atoms in total. The van der Waals surface area contributed by atoms with Crippen LogP contribution < -0.4 is 4.72 Å². The van der Waals surface area contributed by atoms with Crippen molar-refractivity contribution in [1.29, 1.82) is 0 Å². The second kappa shape index (κ2) is 6.17. The van der Waals surface area contributed by atoms with E-state index < -0.39 is 10.0 Å². The Morgan fingerprint density at radius 2 is 1.96 bits per heavy atom. The number of fused-ring (bicyclic) bond motifs is 1. The van der Waals surface area contributed by atoms with E-state index in [-0.39, 0.29) is 5.75 Å². The number of sulfonamides is 1. The van der Waals surface area contributed by atoms with Crippen LogP contribution in [0.15, 0.2) is 42.6 Å². The quantitative estimate of drug-likeness (QED) is 0.767. The minimum Gasteiger partial charge on any atom is -0.279 e. The third-order valence-corrected chi connectivity index (χ3v) is 4.75. The van der Waals surface area contributed by atoms with Gasteiger partial charge in [0.1, 0.15) is 0 Å². The van der Waals surface area contributed by atoms with Gasteiger partial charge in [-0.05, 0) is 29.8 Å². The van der Waals surface area contributed by atoms with Crippen molar-refractivity contribution in [3.63, 3.8) is 0 Å². The lowest BCUT2D eigenvalue weighted by Crippen LogP contribution is -2.15. The predicted molar refractivity (Wildman–Crippen MR) is 90.1 cm³/mol. The average molecular weight is 351 g/mol. The number of nitrogens with one attached hydrogen (secondary N) is 1. The van der Waals surface area contributed by atoms with Crippen LogP contribution in [0.2, 0.25) is 5.02 Å². The largest absolute Gasteiger partial charge is 0.279 e. The summed E-state index contributed by atoms with van der Waals surface area (Å²) in [7, 11) is -3.56. The standard InChI is InChI=1S/C15H15ClN4O2S/c1-2-14-17-15-13(4-3-9-20(15)18-14)19-23(21,22)10-11-5-7-12(16)8-6-11/h3-9,19H,2,10H2,1H3. The van der Waals surface area contributed by atoms with Gasteiger partial charge in [-0.2, -0.15) is 5.10 Å². The number of pyridine rings is 1. The Hall–Kier alpha value is -2.12. The summed E-state index contributed by atoms with van der Waals surface area (Å²) in [5.74, 6) is 0.523. The molecule has 0 aliphatic carbocycles. The summed E-state index contributed by atoms with van der Waals surface area (Å²) in [6.07, 6.45) is 2.41. The van der Waals surface area contributed by atoms with Crippen LogP contribution in [0.5, 0.6) is 0 Å². The zero-order valence-corrected chi connectivity index (χ0v) is 14.0. The second-order valence-electron chi connectivity index (χ2n) is 5.06. The lowest BCUT2D eigenvalue weighted by Gasteiger charge is -2.08. The van der Waals surface area contributed by atoms with Crippen molar-refractivity contribution in [2.75, 3.05) is 4.72 Å². The molecule has 1 aromatic carbocycles. The van der Waals surface area contributed by atoms with Gasteiger partial charge >= 0.3 is 0 Å². The molecule has 0 spiro atoms. The first-order chi connectivity index (χ1) is 11.0. The normalized spacial score (nSPS) is 11.7. The van der Waals surface area contributed by atoms with Crippen molar-refractivity contribution in [3.8, 4) is 0 Å². The Kier molecular flexibility index (Phi) is 4.23. The molecule has 8 heteroatoms. The van der Waals surface area contributed by atoms with Gasteiger partial charge in [0.05, 0.1) is 11.4 Å². The van der Waals surface area contributed by atoms with Gasteiger partial charge in [0, 0.05) is 17.6 Å². The molecule has 0 atom stereocenters. The molecular weight excluding hydrogens is 336 g/mol. The third kappa shape index (κ3) is 3.62. The number of anilines is 1. The summed E-state index contributed by atoms with van der Waals surface area (Å²) in [6, 6.07) is 10.1. The van der Waals surface area contributed by atoms with E-state index in [0.29, 0.717) is 34.2 Å². The summed E-state index contributed by atoms with van der Waals surface area (Å²) >= 11 is 5.81. The predicted octanol–water partition coefficient (Wildman–Crippen LogP) is 2.89. The molecule has 0 radical (unpaired) electrons. The van der Waals surface area contributed by atoms with Crippen molar-refractivity contribution in [2.45, 2.75) is 19.1 Å². The lowest BCUT2D eigenvalue weighted by molar-refractivity contribution is 0.600. The van der Waals surface area contributed by atoms with E-state index in [2.05, 4.69) is 14.8 Å². The maximum atomic E-state index is 12.4. The van der Waals surface area contributed by atoms with Gasteiger partial charge in [-0.3, -0.25) is 4.72 Å². The molecule has 3 aromatic rings. The van der Waals surface area contributed by atoms with Crippen molar-refractivity contribution in [3.05, 3.63) is 59.0 Å². The SMILES string of the molecule is CCc1nc2c(NS(=O)(=O)Cc3ccc(Cl)cc3)cccn2n1. The fourth-order valence-corrected chi connectivity index (χ4v) is 3.51. The van der Waals surface area contributed by atoms with E-state index in [0.717, 1.165) is 0 Å². The Labute approximate surface area is 139 Å². The van der Waals surface area contributed by atoms with Crippen LogP contribution in [0.1, 0.15) is 18.3 Å². The summed E-state index contributed by atoms with van der Waals surface area (Å²) in [4.78, 5) is 4.34. The van der Waals surface area contributed by atoms with Gasteiger partial charge in [-0.1, -0.05) is 30.7 Å². The highest BCUT2D eigenvalue weighted by Gasteiger charge is 2.15. The smallest absolute Gasteiger partial charge is 0.237 e. The van der Waals surface area contributed by atoms with Crippen LogP contribution in [0.4, 0.5) is 5.69 Å². The Balaban J connectivity index is 1.88. The highest BCUT2D eigenvalue weighted by molar-refractivity contribution is 7.91. The molecule has 3 rings (SSSR count). The first-order valence-corrected chi connectivity index (χ1v) is 9.09. The van der Waals surface area contributed by atoms with Crippen molar-refractivity contribution >= 4 is 33.0 Å². The molecule has 0 aliphatic rings. The highest BCUT2D eigenvalue weighted by atomic mass is 35.5. The van der Waals surface area contributed by atoms with E-state index in [4.69, 9.17) is 11.6 Å². The average Bonchev–Trinajstić information content (AvgIpc) is 2.93. The van der Waals surface area contributed by atoms with Crippen LogP contribution in [0, 0.1) is 0 Å². The van der Waals surface area contributed by atoms with Crippen LogP contribution in [-0.4, -0.2) is 23.0 Å². The van der Waals surface area contributed by atoms with Gasteiger partial charge in [-0.25, -0.2) is 17.9 Å². The Morgan fingerprint density at radius 3 is 2.65 bits per heavy atom. The number of benzene rings is 1. The van der Waals surface area contributed by atoms with Crippen molar-refractivity contribution in [2.24, 2.45) is 0 Å². The molecule has 2 heterocycles. The monoisotopic (exact) mass is 350 g/mol. The first kappa shape index (κ1) is 15.8. The minimum atomic E-state index is -3.56. The maximum absolute atomic E-state index is 12.4. The summed E-state index contributed by atoms with van der Waals surface area (Å²) in [5.41, 5.74) is 1.56. The van der Waals surface area contributed by atoms with Crippen LogP contribution in [0.3, 0.4) is 0 Å². The molecule has 0 fully saturated rings. The van der Waals surface area contributed by atoms with E-state index >= 15 is 0 Å². The van der Waals surface area contributed by atoms with Gasteiger partial charge in [0.25, 0.3) is 0 Å². The van der Waals surface area contributed by atoms with E-state index in [1.54, 1.807) is 47.1 Å². The molecule has 0 aliphatic heterocycles.